The number of thioether (sulfide) groups is 1. The summed E-state index contributed by atoms with van der Waals surface area (Å²) < 4.78 is 10.6. The van der Waals surface area contributed by atoms with E-state index in [9.17, 15) is 9.59 Å². The van der Waals surface area contributed by atoms with Gasteiger partial charge in [-0.15, -0.1) is 0 Å². The van der Waals surface area contributed by atoms with E-state index in [-0.39, 0.29) is 25.2 Å². The van der Waals surface area contributed by atoms with Crippen LogP contribution in [0.15, 0.2) is 41.6 Å². The summed E-state index contributed by atoms with van der Waals surface area (Å²) in [4.78, 5) is 30.2. The fraction of sp³-hybridized carbons (Fsp3) is 0.235. The minimum Gasteiger partial charge on any atom is -0.454 e. The lowest BCUT2D eigenvalue weighted by Crippen LogP contribution is -2.43. The van der Waals surface area contributed by atoms with Crippen LogP contribution < -0.4 is 19.7 Å². The van der Waals surface area contributed by atoms with Crippen LogP contribution in [0.1, 0.15) is 5.56 Å². The monoisotopic (exact) mass is 357 g/mol. The van der Waals surface area contributed by atoms with Crippen molar-refractivity contribution in [3.63, 3.8) is 0 Å². The van der Waals surface area contributed by atoms with Gasteiger partial charge in [0.1, 0.15) is 11.6 Å². The molecule has 0 saturated carbocycles. The van der Waals surface area contributed by atoms with E-state index in [1.165, 1.54) is 16.7 Å². The second kappa shape index (κ2) is 6.64. The highest BCUT2D eigenvalue weighted by atomic mass is 32.2. The van der Waals surface area contributed by atoms with Crippen molar-refractivity contribution in [2.45, 2.75) is 11.6 Å². The quantitative estimate of drug-likeness (QED) is 0.895. The number of hydrogen-bond acceptors (Lipinski definition) is 6. The normalized spacial score (nSPS) is 15.0. The number of aromatic nitrogens is 1. The molecule has 8 heteroatoms. The van der Waals surface area contributed by atoms with Crippen LogP contribution in [0.25, 0.3) is 0 Å². The van der Waals surface area contributed by atoms with Gasteiger partial charge in [0.2, 0.25) is 18.6 Å². The number of amides is 2. The molecule has 2 amide bonds. The van der Waals surface area contributed by atoms with Crippen LogP contribution in [0.3, 0.4) is 0 Å². The minimum absolute atomic E-state index is 0.0252. The molecule has 2 aromatic rings. The van der Waals surface area contributed by atoms with Gasteiger partial charge >= 0.3 is 0 Å². The Morgan fingerprint density at radius 3 is 3.08 bits per heavy atom. The summed E-state index contributed by atoms with van der Waals surface area (Å²) in [6, 6.07) is 9.09. The highest BCUT2D eigenvalue weighted by Gasteiger charge is 2.27. The van der Waals surface area contributed by atoms with Crippen LogP contribution in [0, 0.1) is 0 Å². The smallest absolute Gasteiger partial charge is 0.240 e. The van der Waals surface area contributed by atoms with Crippen LogP contribution >= 0.6 is 11.8 Å². The molecule has 25 heavy (non-hydrogen) atoms. The maximum atomic E-state index is 12.3. The van der Waals surface area contributed by atoms with Gasteiger partial charge in [-0.2, -0.15) is 0 Å². The van der Waals surface area contributed by atoms with Gasteiger partial charge in [-0.1, -0.05) is 17.8 Å². The summed E-state index contributed by atoms with van der Waals surface area (Å²) in [7, 11) is 0. The summed E-state index contributed by atoms with van der Waals surface area (Å²) >= 11 is 1.39. The van der Waals surface area contributed by atoms with Gasteiger partial charge in [-0.05, 0) is 29.8 Å². The molecule has 1 aromatic carbocycles. The third-order valence-electron chi connectivity index (χ3n) is 3.90. The molecule has 0 unspecified atom stereocenters. The first kappa shape index (κ1) is 15.8. The maximum absolute atomic E-state index is 12.3. The number of nitrogens with one attached hydrogen (secondary N) is 1. The largest absolute Gasteiger partial charge is 0.454 e. The van der Waals surface area contributed by atoms with E-state index in [2.05, 4.69) is 10.3 Å². The Labute approximate surface area is 148 Å². The SMILES string of the molecule is O=C(CN1C(=O)CSc2ncccc21)NCc1ccc2c(c1)OCO2. The van der Waals surface area contributed by atoms with Crippen LogP contribution in [0.4, 0.5) is 5.69 Å². The zero-order chi connectivity index (χ0) is 17.2. The van der Waals surface area contributed by atoms with E-state index in [4.69, 9.17) is 9.47 Å². The molecule has 1 N–H and O–H groups in total. The first-order chi connectivity index (χ1) is 12.2. The number of ether oxygens (including phenoxy) is 2. The van der Waals surface area contributed by atoms with Crippen molar-refractivity contribution in [3.05, 3.63) is 42.1 Å². The van der Waals surface area contributed by atoms with Crippen LogP contribution in [0.5, 0.6) is 11.5 Å². The second-order valence-corrected chi connectivity index (χ2v) is 6.52. The number of carbonyl (C=O) groups is 2. The Hall–Kier alpha value is -2.74. The number of hydrogen-bond donors (Lipinski definition) is 1. The van der Waals surface area contributed by atoms with Gasteiger partial charge in [0.15, 0.2) is 11.5 Å². The highest BCUT2D eigenvalue weighted by Crippen LogP contribution is 2.33. The number of anilines is 1. The number of carbonyl (C=O) groups excluding carboxylic acids is 2. The summed E-state index contributed by atoms with van der Waals surface area (Å²) in [5.41, 5.74) is 1.59. The van der Waals surface area contributed by atoms with E-state index in [1.807, 2.05) is 18.2 Å². The van der Waals surface area contributed by atoms with Crippen molar-refractivity contribution >= 4 is 29.3 Å². The Kier molecular flexibility index (Phi) is 4.19. The van der Waals surface area contributed by atoms with Gasteiger partial charge in [0.05, 0.1) is 11.4 Å². The topological polar surface area (TPSA) is 80.8 Å². The van der Waals surface area contributed by atoms with Crippen molar-refractivity contribution < 1.29 is 19.1 Å². The molecule has 0 aliphatic carbocycles. The van der Waals surface area contributed by atoms with Crippen LogP contribution in [0.2, 0.25) is 0 Å². The Morgan fingerprint density at radius 2 is 2.16 bits per heavy atom. The first-order valence-electron chi connectivity index (χ1n) is 7.74. The van der Waals surface area contributed by atoms with E-state index in [0.717, 1.165) is 10.6 Å². The van der Waals surface area contributed by atoms with Gasteiger partial charge in [-0.3, -0.25) is 14.5 Å². The second-order valence-electron chi connectivity index (χ2n) is 5.56. The van der Waals surface area contributed by atoms with E-state index >= 15 is 0 Å². The summed E-state index contributed by atoms with van der Waals surface area (Å²) in [5, 5.41) is 3.60. The van der Waals surface area contributed by atoms with Crippen molar-refractivity contribution in [2.24, 2.45) is 0 Å². The minimum atomic E-state index is -0.229. The average molecular weight is 357 g/mol. The van der Waals surface area contributed by atoms with Crippen LogP contribution in [-0.2, 0) is 16.1 Å². The molecule has 3 heterocycles. The van der Waals surface area contributed by atoms with Gasteiger partial charge < -0.3 is 14.8 Å². The van der Waals surface area contributed by atoms with Crippen molar-refractivity contribution in [1.29, 1.82) is 0 Å². The average Bonchev–Trinajstić information content (AvgIpc) is 3.10. The molecule has 0 fully saturated rings. The Bertz CT molecular complexity index is 842. The lowest BCUT2D eigenvalue weighted by atomic mass is 10.2. The van der Waals surface area contributed by atoms with E-state index in [0.29, 0.717) is 29.5 Å². The lowest BCUT2D eigenvalue weighted by Gasteiger charge is -2.27. The predicted octanol–water partition coefficient (Wildman–Crippen LogP) is 1.57. The predicted molar refractivity (Wildman–Crippen MR) is 91.7 cm³/mol. The van der Waals surface area contributed by atoms with E-state index in [1.54, 1.807) is 18.3 Å². The van der Waals surface area contributed by atoms with E-state index < -0.39 is 0 Å². The van der Waals surface area contributed by atoms with Gasteiger partial charge in [0, 0.05) is 12.7 Å². The van der Waals surface area contributed by atoms with Crippen molar-refractivity contribution in [1.82, 2.24) is 10.3 Å². The molecule has 128 valence electrons. The summed E-state index contributed by atoms with van der Waals surface area (Å²) in [6.45, 7) is 0.544. The third kappa shape index (κ3) is 3.25. The molecule has 1 aromatic heterocycles. The lowest BCUT2D eigenvalue weighted by molar-refractivity contribution is -0.123. The van der Waals surface area contributed by atoms with Gasteiger partial charge in [-0.25, -0.2) is 4.98 Å². The summed E-state index contributed by atoms with van der Waals surface area (Å²) in [6.07, 6.45) is 1.68. The van der Waals surface area contributed by atoms with Crippen molar-refractivity contribution in [2.75, 3.05) is 24.0 Å². The fourth-order valence-corrected chi connectivity index (χ4v) is 3.54. The zero-order valence-corrected chi connectivity index (χ0v) is 14.0. The highest BCUT2D eigenvalue weighted by molar-refractivity contribution is 8.00. The molecule has 2 aliphatic heterocycles. The van der Waals surface area contributed by atoms with Gasteiger partial charge in [0.25, 0.3) is 0 Å². The van der Waals surface area contributed by atoms with Crippen LogP contribution in [-0.4, -0.2) is 35.9 Å². The standard InChI is InChI=1S/C17H15N3O4S/c21-15(19-7-11-3-4-13-14(6-11)24-10-23-13)8-20-12-2-1-5-18-17(12)25-9-16(20)22/h1-6H,7-10H2,(H,19,21). The first-order valence-corrected chi connectivity index (χ1v) is 8.73. The number of pyridine rings is 1. The molecule has 2 aliphatic rings. The molecule has 0 bridgehead atoms. The zero-order valence-electron chi connectivity index (χ0n) is 13.2. The number of nitrogens with zero attached hydrogens (tertiary/aromatic N) is 2. The van der Waals surface area contributed by atoms with Crippen molar-refractivity contribution in [3.8, 4) is 11.5 Å². The molecule has 0 spiro atoms. The third-order valence-corrected chi connectivity index (χ3v) is 4.88. The number of benzene rings is 1. The molecule has 0 atom stereocenters. The molecule has 0 radical (unpaired) electrons. The number of rotatable bonds is 4. The summed E-state index contributed by atoms with van der Waals surface area (Å²) in [5.74, 6) is 1.35. The Balaban J connectivity index is 1.40. The molecule has 7 nitrogen and oxygen atoms in total. The maximum Gasteiger partial charge on any atom is 0.240 e. The molecule has 4 rings (SSSR count). The molecular weight excluding hydrogens is 342 g/mol. The molecule has 0 saturated heterocycles. The number of fused-ring (bicyclic) bond motifs is 2. The fourth-order valence-electron chi connectivity index (χ4n) is 2.67. The Morgan fingerprint density at radius 1 is 1.28 bits per heavy atom. The molecular formula is C17H15N3O4S.